The Bertz CT molecular complexity index is 665. The smallest absolute Gasteiger partial charge is 0.140 e. The number of fused-ring (bicyclic) bond motifs is 1. The summed E-state index contributed by atoms with van der Waals surface area (Å²) < 4.78 is 11.0. The number of nitrogens with zero attached hydrogens (tertiary/aromatic N) is 2. The Labute approximate surface area is 149 Å². The molecule has 4 rings (SSSR count). The first kappa shape index (κ1) is 16.8. The Morgan fingerprint density at radius 2 is 1.88 bits per heavy atom. The molecule has 1 saturated heterocycles. The molecule has 1 aromatic carbocycles. The molecule has 0 saturated carbocycles. The molecule has 0 amide bonds. The van der Waals surface area contributed by atoms with Crippen LogP contribution in [0.25, 0.3) is 0 Å². The second-order valence-electron chi connectivity index (χ2n) is 7.00. The van der Waals surface area contributed by atoms with Gasteiger partial charge in [-0.3, -0.25) is 4.90 Å². The van der Waals surface area contributed by atoms with Crippen molar-refractivity contribution in [1.29, 1.82) is 0 Å². The maximum Gasteiger partial charge on any atom is 0.140 e. The van der Waals surface area contributed by atoms with Crippen LogP contribution < -0.4 is 5.32 Å². The summed E-state index contributed by atoms with van der Waals surface area (Å²) in [5.41, 5.74) is 3.76. The van der Waals surface area contributed by atoms with Crippen molar-refractivity contribution in [2.24, 2.45) is 0 Å². The number of aromatic nitrogens is 1. The van der Waals surface area contributed by atoms with Gasteiger partial charge in [0.1, 0.15) is 11.5 Å². The summed E-state index contributed by atoms with van der Waals surface area (Å²) in [6, 6.07) is 11.0. The summed E-state index contributed by atoms with van der Waals surface area (Å²) in [5.74, 6) is 1.10. The minimum atomic E-state index is 0.287. The number of hydrogen-bond donors (Lipinski definition) is 1. The van der Waals surface area contributed by atoms with Crippen molar-refractivity contribution < 1.29 is 9.26 Å². The lowest BCUT2D eigenvalue weighted by Crippen LogP contribution is -2.41. The first-order chi connectivity index (χ1) is 12.4. The van der Waals surface area contributed by atoms with Gasteiger partial charge in [0.15, 0.2) is 0 Å². The Balaban J connectivity index is 1.45. The van der Waals surface area contributed by atoms with E-state index in [0.29, 0.717) is 0 Å². The molecule has 1 N–H and O–H groups in total. The zero-order chi connectivity index (χ0) is 16.9. The third-order valence-electron chi connectivity index (χ3n) is 5.29. The van der Waals surface area contributed by atoms with Crippen LogP contribution in [0.1, 0.15) is 41.5 Å². The Morgan fingerprint density at radius 1 is 1.08 bits per heavy atom. The van der Waals surface area contributed by atoms with Gasteiger partial charge in [-0.05, 0) is 24.8 Å². The standard InChI is InChI=1S/C20H27N3O2/c1-2-6-16(7-3-1)19(15-23-10-12-24-13-11-23)21-14-18-17-8-4-5-9-20(17)25-22-18/h1-3,6-7,19,21H,4-5,8-15H2/t19-/m0/s1. The molecule has 1 aliphatic heterocycles. The lowest BCUT2D eigenvalue weighted by molar-refractivity contribution is 0.0333. The van der Waals surface area contributed by atoms with E-state index in [-0.39, 0.29) is 6.04 Å². The van der Waals surface area contributed by atoms with E-state index in [0.717, 1.165) is 63.7 Å². The number of benzene rings is 1. The molecule has 134 valence electrons. The molecule has 25 heavy (non-hydrogen) atoms. The molecular weight excluding hydrogens is 314 g/mol. The minimum absolute atomic E-state index is 0.287. The number of aryl methyl sites for hydroxylation is 1. The maximum absolute atomic E-state index is 5.56. The van der Waals surface area contributed by atoms with Crippen LogP contribution >= 0.6 is 0 Å². The summed E-state index contributed by atoms with van der Waals surface area (Å²) >= 11 is 0. The van der Waals surface area contributed by atoms with Crippen molar-refractivity contribution in [3.05, 3.63) is 52.9 Å². The third-order valence-corrected chi connectivity index (χ3v) is 5.29. The summed E-state index contributed by atoms with van der Waals surface area (Å²) in [6.07, 6.45) is 4.61. The number of ether oxygens (including phenoxy) is 1. The third kappa shape index (κ3) is 4.11. The summed E-state index contributed by atoms with van der Waals surface area (Å²) in [4.78, 5) is 2.48. The van der Waals surface area contributed by atoms with Gasteiger partial charge in [0.05, 0.1) is 13.2 Å². The largest absolute Gasteiger partial charge is 0.379 e. The van der Waals surface area contributed by atoms with E-state index in [9.17, 15) is 0 Å². The number of morpholine rings is 1. The van der Waals surface area contributed by atoms with Crippen LogP contribution in [-0.2, 0) is 24.1 Å². The van der Waals surface area contributed by atoms with Crippen LogP contribution in [0.5, 0.6) is 0 Å². The first-order valence-electron chi connectivity index (χ1n) is 9.45. The number of hydrogen-bond acceptors (Lipinski definition) is 5. The highest BCUT2D eigenvalue weighted by Gasteiger charge is 2.22. The molecule has 2 aliphatic rings. The van der Waals surface area contributed by atoms with Gasteiger partial charge < -0.3 is 14.6 Å². The first-order valence-corrected chi connectivity index (χ1v) is 9.45. The van der Waals surface area contributed by atoms with Crippen LogP contribution in [-0.4, -0.2) is 42.9 Å². The lowest BCUT2D eigenvalue weighted by Gasteiger charge is -2.31. The predicted octanol–water partition coefficient (Wildman–Crippen LogP) is 2.72. The summed E-state index contributed by atoms with van der Waals surface area (Å²) in [7, 11) is 0. The molecule has 5 heteroatoms. The highest BCUT2D eigenvalue weighted by atomic mass is 16.5. The minimum Gasteiger partial charge on any atom is -0.379 e. The zero-order valence-corrected chi connectivity index (χ0v) is 14.7. The van der Waals surface area contributed by atoms with Crippen molar-refractivity contribution in [3.8, 4) is 0 Å². The van der Waals surface area contributed by atoms with Gasteiger partial charge in [-0.2, -0.15) is 0 Å². The molecule has 1 atom stereocenters. The van der Waals surface area contributed by atoms with Gasteiger partial charge in [0.2, 0.25) is 0 Å². The number of rotatable bonds is 6. The van der Waals surface area contributed by atoms with E-state index < -0.39 is 0 Å². The van der Waals surface area contributed by atoms with E-state index >= 15 is 0 Å². The average molecular weight is 341 g/mol. The molecule has 1 fully saturated rings. The molecule has 0 unspecified atom stereocenters. The molecule has 5 nitrogen and oxygen atoms in total. The molecule has 2 aromatic rings. The molecule has 1 aromatic heterocycles. The molecule has 2 heterocycles. The van der Waals surface area contributed by atoms with Crippen molar-refractivity contribution >= 4 is 0 Å². The van der Waals surface area contributed by atoms with Crippen LogP contribution in [0.2, 0.25) is 0 Å². The van der Waals surface area contributed by atoms with Crippen molar-refractivity contribution in [2.45, 2.75) is 38.3 Å². The molecule has 0 bridgehead atoms. The second-order valence-corrected chi connectivity index (χ2v) is 7.00. The molecule has 0 radical (unpaired) electrons. The topological polar surface area (TPSA) is 50.5 Å². The van der Waals surface area contributed by atoms with E-state index in [1.165, 1.54) is 24.0 Å². The van der Waals surface area contributed by atoms with E-state index in [4.69, 9.17) is 9.26 Å². The normalized spacial score (nSPS) is 19.5. The fraction of sp³-hybridized carbons (Fsp3) is 0.550. The van der Waals surface area contributed by atoms with E-state index in [1.807, 2.05) is 0 Å². The van der Waals surface area contributed by atoms with Crippen LogP contribution in [0.4, 0.5) is 0 Å². The van der Waals surface area contributed by atoms with Gasteiger partial charge in [0, 0.05) is 44.2 Å². The predicted molar refractivity (Wildman–Crippen MR) is 96.4 cm³/mol. The Morgan fingerprint density at radius 3 is 2.72 bits per heavy atom. The van der Waals surface area contributed by atoms with Crippen LogP contribution in [0.15, 0.2) is 34.9 Å². The maximum atomic E-state index is 5.56. The summed E-state index contributed by atoms with van der Waals surface area (Å²) in [5, 5.41) is 8.07. The van der Waals surface area contributed by atoms with Gasteiger partial charge >= 0.3 is 0 Å². The Hall–Kier alpha value is -1.69. The monoisotopic (exact) mass is 341 g/mol. The SMILES string of the molecule is c1ccc([C@H](CN2CCOCC2)NCc2noc3c2CCCC3)cc1. The van der Waals surface area contributed by atoms with Crippen LogP contribution in [0, 0.1) is 0 Å². The number of nitrogens with one attached hydrogen (secondary N) is 1. The summed E-state index contributed by atoms with van der Waals surface area (Å²) in [6.45, 7) is 5.43. The Kier molecular flexibility index (Phi) is 5.45. The molecular formula is C20H27N3O2. The highest BCUT2D eigenvalue weighted by molar-refractivity contribution is 5.26. The van der Waals surface area contributed by atoms with Crippen molar-refractivity contribution in [3.63, 3.8) is 0 Å². The average Bonchev–Trinajstić information content (AvgIpc) is 3.10. The van der Waals surface area contributed by atoms with Gasteiger partial charge in [-0.15, -0.1) is 0 Å². The van der Waals surface area contributed by atoms with Crippen molar-refractivity contribution in [2.75, 3.05) is 32.8 Å². The fourth-order valence-electron chi connectivity index (χ4n) is 3.82. The zero-order valence-electron chi connectivity index (χ0n) is 14.7. The molecule has 1 aliphatic carbocycles. The van der Waals surface area contributed by atoms with E-state index in [1.54, 1.807) is 0 Å². The van der Waals surface area contributed by atoms with Crippen molar-refractivity contribution in [1.82, 2.24) is 15.4 Å². The lowest BCUT2D eigenvalue weighted by atomic mass is 9.96. The molecule has 0 spiro atoms. The van der Waals surface area contributed by atoms with Gasteiger partial charge in [-0.1, -0.05) is 35.5 Å². The highest BCUT2D eigenvalue weighted by Crippen LogP contribution is 2.25. The van der Waals surface area contributed by atoms with Gasteiger partial charge in [0.25, 0.3) is 0 Å². The van der Waals surface area contributed by atoms with E-state index in [2.05, 4.69) is 45.7 Å². The van der Waals surface area contributed by atoms with Crippen LogP contribution in [0.3, 0.4) is 0 Å². The quantitative estimate of drug-likeness (QED) is 0.875. The van der Waals surface area contributed by atoms with Gasteiger partial charge in [-0.25, -0.2) is 0 Å². The fourth-order valence-corrected chi connectivity index (χ4v) is 3.82. The second kappa shape index (κ2) is 8.13.